The summed E-state index contributed by atoms with van der Waals surface area (Å²) in [6.45, 7) is 5.22. The Balaban J connectivity index is 1.68. The van der Waals surface area contributed by atoms with E-state index < -0.39 is 0 Å². The summed E-state index contributed by atoms with van der Waals surface area (Å²) in [6.07, 6.45) is 5.37. The molecule has 1 aliphatic rings. The molecular formula is C17H23N3O. The Morgan fingerprint density at radius 3 is 2.67 bits per heavy atom. The molecule has 1 aromatic heterocycles. The third-order valence-electron chi connectivity index (χ3n) is 4.40. The molecule has 0 amide bonds. The quantitative estimate of drug-likeness (QED) is 0.910. The van der Waals surface area contributed by atoms with Crippen molar-refractivity contribution in [3.63, 3.8) is 0 Å². The summed E-state index contributed by atoms with van der Waals surface area (Å²) in [5.41, 5.74) is 2.07. The van der Waals surface area contributed by atoms with Crippen LogP contribution in [0.2, 0.25) is 0 Å². The summed E-state index contributed by atoms with van der Waals surface area (Å²) in [5, 5.41) is 7.46. The van der Waals surface area contributed by atoms with E-state index in [2.05, 4.69) is 28.4 Å². The molecule has 1 aromatic carbocycles. The Bertz CT molecular complexity index is 585. The first-order chi connectivity index (χ1) is 10.2. The second-order valence-electron chi connectivity index (χ2n) is 6.20. The number of aromatic nitrogens is 2. The number of rotatable bonds is 4. The van der Waals surface area contributed by atoms with E-state index >= 15 is 0 Å². The highest BCUT2D eigenvalue weighted by atomic mass is 16.5. The van der Waals surface area contributed by atoms with Gasteiger partial charge in [0.15, 0.2) is 5.82 Å². The molecule has 112 valence electrons. The summed E-state index contributed by atoms with van der Waals surface area (Å²) < 4.78 is 5.30. The zero-order valence-electron chi connectivity index (χ0n) is 12.8. The highest BCUT2D eigenvalue weighted by Crippen LogP contribution is 2.30. The van der Waals surface area contributed by atoms with Crippen molar-refractivity contribution in [3.8, 4) is 11.5 Å². The number of anilines is 1. The second-order valence-corrected chi connectivity index (χ2v) is 6.20. The Hall–Kier alpha value is -1.84. The number of nitrogens with zero attached hydrogens (tertiary/aromatic N) is 2. The van der Waals surface area contributed by atoms with E-state index in [9.17, 15) is 0 Å². The fraction of sp³-hybridized carbons (Fsp3) is 0.529. The molecule has 0 unspecified atom stereocenters. The van der Waals surface area contributed by atoms with E-state index in [1.807, 2.05) is 25.1 Å². The lowest BCUT2D eigenvalue weighted by Gasteiger charge is -2.26. The van der Waals surface area contributed by atoms with Crippen molar-refractivity contribution in [1.82, 2.24) is 10.1 Å². The first kappa shape index (κ1) is 14.1. The van der Waals surface area contributed by atoms with Crippen molar-refractivity contribution in [2.24, 2.45) is 11.8 Å². The molecule has 0 radical (unpaired) electrons. The topological polar surface area (TPSA) is 51.0 Å². The molecule has 1 fully saturated rings. The van der Waals surface area contributed by atoms with Crippen LogP contribution in [0, 0.1) is 18.8 Å². The van der Waals surface area contributed by atoms with Crippen molar-refractivity contribution in [1.29, 1.82) is 0 Å². The van der Waals surface area contributed by atoms with Crippen LogP contribution in [0.4, 0.5) is 5.69 Å². The van der Waals surface area contributed by atoms with Crippen molar-refractivity contribution < 1.29 is 4.52 Å². The molecule has 1 saturated carbocycles. The van der Waals surface area contributed by atoms with Crippen LogP contribution < -0.4 is 5.32 Å². The fourth-order valence-corrected chi connectivity index (χ4v) is 3.02. The molecule has 4 heteroatoms. The molecular weight excluding hydrogens is 262 g/mol. The lowest BCUT2D eigenvalue weighted by Crippen LogP contribution is -2.20. The molecule has 21 heavy (non-hydrogen) atoms. The maximum Gasteiger partial charge on any atom is 0.260 e. The minimum absolute atomic E-state index is 0.591. The number of hydrogen-bond donors (Lipinski definition) is 1. The monoisotopic (exact) mass is 285 g/mol. The first-order valence-corrected chi connectivity index (χ1v) is 7.86. The molecule has 1 N–H and O–H groups in total. The van der Waals surface area contributed by atoms with Gasteiger partial charge >= 0.3 is 0 Å². The minimum Gasteiger partial charge on any atom is -0.384 e. The molecule has 1 aliphatic carbocycles. The van der Waals surface area contributed by atoms with Gasteiger partial charge in [-0.3, -0.25) is 0 Å². The standard InChI is InChI=1S/C17H23N3O/c1-12-7-9-14(10-8-12)11-18-16-6-4-3-5-15(16)17-19-13(2)20-21-17/h3-6,12,14,18H,7-11H2,1-2H3. The first-order valence-electron chi connectivity index (χ1n) is 7.86. The van der Waals surface area contributed by atoms with Gasteiger partial charge in [0.2, 0.25) is 0 Å². The lowest BCUT2D eigenvalue weighted by molar-refractivity contribution is 0.300. The van der Waals surface area contributed by atoms with E-state index in [0.29, 0.717) is 11.7 Å². The van der Waals surface area contributed by atoms with Gasteiger partial charge in [0.05, 0.1) is 5.56 Å². The van der Waals surface area contributed by atoms with Crippen LogP contribution in [0.1, 0.15) is 38.4 Å². The van der Waals surface area contributed by atoms with Gasteiger partial charge in [-0.15, -0.1) is 0 Å². The Labute approximate surface area is 126 Å². The molecule has 0 aliphatic heterocycles. The highest BCUT2D eigenvalue weighted by Gasteiger charge is 2.18. The van der Waals surface area contributed by atoms with Crippen LogP contribution >= 0.6 is 0 Å². The van der Waals surface area contributed by atoms with Gasteiger partial charge < -0.3 is 9.84 Å². The van der Waals surface area contributed by atoms with E-state index in [4.69, 9.17) is 4.52 Å². The summed E-state index contributed by atoms with van der Waals surface area (Å²) >= 11 is 0. The predicted molar refractivity (Wildman–Crippen MR) is 84.1 cm³/mol. The van der Waals surface area contributed by atoms with Gasteiger partial charge in [-0.25, -0.2) is 0 Å². The smallest absolute Gasteiger partial charge is 0.260 e. The second kappa shape index (κ2) is 6.29. The molecule has 3 rings (SSSR count). The van der Waals surface area contributed by atoms with Crippen LogP contribution in [-0.2, 0) is 0 Å². The molecule has 2 aromatic rings. The van der Waals surface area contributed by atoms with Crippen LogP contribution in [0.3, 0.4) is 0 Å². The van der Waals surface area contributed by atoms with E-state index in [1.54, 1.807) is 0 Å². The molecule has 0 atom stereocenters. The predicted octanol–water partition coefficient (Wildman–Crippen LogP) is 4.28. The average Bonchev–Trinajstić information content (AvgIpc) is 2.93. The van der Waals surface area contributed by atoms with Gasteiger partial charge in [0, 0.05) is 12.2 Å². The largest absolute Gasteiger partial charge is 0.384 e. The van der Waals surface area contributed by atoms with Crippen molar-refractivity contribution in [2.75, 3.05) is 11.9 Å². The Kier molecular flexibility index (Phi) is 4.23. The number of hydrogen-bond acceptors (Lipinski definition) is 4. The zero-order valence-corrected chi connectivity index (χ0v) is 12.8. The summed E-state index contributed by atoms with van der Waals surface area (Å²) in [4.78, 5) is 4.33. The minimum atomic E-state index is 0.591. The zero-order chi connectivity index (χ0) is 14.7. The Morgan fingerprint density at radius 2 is 1.95 bits per heavy atom. The van der Waals surface area contributed by atoms with Crippen LogP contribution in [0.25, 0.3) is 11.5 Å². The van der Waals surface area contributed by atoms with E-state index in [-0.39, 0.29) is 0 Å². The van der Waals surface area contributed by atoms with Crippen molar-refractivity contribution >= 4 is 5.69 Å². The normalized spacial score (nSPS) is 22.2. The number of benzene rings is 1. The van der Waals surface area contributed by atoms with Crippen molar-refractivity contribution in [2.45, 2.75) is 39.5 Å². The fourth-order valence-electron chi connectivity index (χ4n) is 3.02. The maximum atomic E-state index is 5.30. The van der Waals surface area contributed by atoms with Gasteiger partial charge in [-0.05, 0) is 43.7 Å². The van der Waals surface area contributed by atoms with Crippen molar-refractivity contribution in [3.05, 3.63) is 30.1 Å². The highest BCUT2D eigenvalue weighted by molar-refractivity contribution is 5.72. The SMILES string of the molecule is Cc1noc(-c2ccccc2NCC2CCC(C)CC2)n1. The van der Waals surface area contributed by atoms with Gasteiger partial charge in [0.1, 0.15) is 0 Å². The van der Waals surface area contributed by atoms with Crippen LogP contribution in [0.5, 0.6) is 0 Å². The maximum absolute atomic E-state index is 5.30. The van der Waals surface area contributed by atoms with Crippen LogP contribution in [0.15, 0.2) is 28.8 Å². The summed E-state index contributed by atoms with van der Waals surface area (Å²) in [6, 6.07) is 8.15. The van der Waals surface area contributed by atoms with Gasteiger partial charge in [-0.2, -0.15) is 4.98 Å². The molecule has 0 spiro atoms. The molecule has 4 nitrogen and oxygen atoms in total. The molecule has 1 heterocycles. The van der Waals surface area contributed by atoms with Gasteiger partial charge in [0.25, 0.3) is 5.89 Å². The number of aryl methyl sites for hydroxylation is 1. The van der Waals surface area contributed by atoms with Crippen LogP contribution in [-0.4, -0.2) is 16.7 Å². The van der Waals surface area contributed by atoms with Gasteiger partial charge in [-0.1, -0.05) is 37.1 Å². The lowest BCUT2D eigenvalue weighted by atomic mass is 9.83. The number of nitrogens with one attached hydrogen (secondary N) is 1. The summed E-state index contributed by atoms with van der Waals surface area (Å²) in [7, 11) is 0. The Morgan fingerprint density at radius 1 is 1.19 bits per heavy atom. The average molecular weight is 285 g/mol. The molecule has 0 bridgehead atoms. The molecule has 0 saturated heterocycles. The van der Waals surface area contributed by atoms with E-state index in [1.165, 1.54) is 25.7 Å². The number of para-hydroxylation sites is 1. The van der Waals surface area contributed by atoms with E-state index in [0.717, 1.165) is 29.6 Å². The third-order valence-corrected chi connectivity index (χ3v) is 4.40. The third kappa shape index (κ3) is 3.43. The summed E-state index contributed by atoms with van der Waals surface area (Å²) in [5.74, 6) is 2.93.